The Morgan fingerprint density at radius 2 is 1.69 bits per heavy atom. The predicted molar refractivity (Wildman–Crippen MR) is 67.9 cm³/mol. The standard InChI is InChI=1S/C11H6Cl4O/c12-7-2-1-6(5-8(7)13)11(15)9-3-4-10(14)16-9/h1-5,11H. The highest BCUT2D eigenvalue weighted by molar-refractivity contribution is 6.42. The minimum atomic E-state index is -0.428. The smallest absolute Gasteiger partial charge is 0.193 e. The minimum absolute atomic E-state index is 0.306. The Labute approximate surface area is 113 Å². The fourth-order valence-corrected chi connectivity index (χ4v) is 2.01. The molecule has 0 fully saturated rings. The molecule has 16 heavy (non-hydrogen) atoms. The highest BCUT2D eigenvalue weighted by atomic mass is 35.5. The Morgan fingerprint density at radius 1 is 0.938 bits per heavy atom. The fourth-order valence-electron chi connectivity index (χ4n) is 1.30. The Bertz CT molecular complexity index is 506. The number of alkyl halides is 1. The van der Waals surface area contributed by atoms with Crippen LogP contribution in [0.25, 0.3) is 0 Å². The zero-order chi connectivity index (χ0) is 11.7. The van der Waals surface area contributed by atoms with Gasteiger partial charge in [-0.2, -0.15) is 0 Å². The summed E-state index contributed by atoms with van der Waals surface area (Å²) in [7, 11) is 0. The molecular formula is C11H6Cl4O. The number of rotatable bonds is 2. The van der Waals surface area contributed by atoms with Gasteiger partial charge in [0.15, 0.2) is 5.22 Å². The molecule has 2 rings (SSSR count). The van der Waals surface area contributed by atoms with Gasteiger partial charge >= 0.3 is 0 Å². The number of benzene rings is 1. The van der Waals surface area contributed by atoms with Crippen molar-refractivity contribution in [3.63, 3.8) is 0 Å². The first-order chi connectivity index (χ1) is 7.58. The van der Waals surface area contributed by atoms with E-state index < -0.39 is 5.38 Å². The average molecular weight is 296 g/mol. The molecule has 2 aromatic rings. The lowest BCUT2D eigenvalue weighted by molar-refractivity contribution is 0.518. The van der Waals surface area contributed by atoms with Crippen molar-refractivity contribution in [3.05, 3.63) is 56.9 Å². The van der Waals surface area contributed by atoms with Crippen molar-refractivity contribution in [2.24, 2.45) is 0 Å². The molecule has 0 amide bonds. The Hall–Kier alpha value is -0.340. The average Bonchev–Trinajstić information content (AvgIpc) is 2.68. The maximum atomic E-state index is 6.22. The predicted octanol–water partition coefficient (Wildman–Crippen LogP) is 5.57. The molecule has 1 aromatic heterocycles. The van der Waals surface area contributed by atoms with Gasteiger partial charge in [-0.15, -0.1) is 11.6 Å². The van der Waals surface area contributed by atoms with Gasteiger partial charge in [0.05, 0.1) is 10.0 Å². The maximum Gasteiger partial charge on any atom is 0.193 e. The monoisotopic (exact) mass is 294 g/mol. The molecule has 1 unspecified atom stereocenters. The molecule has 1 atom stereocenters. The molecule has 1 aromatic carbocycles. The first kappa shape index (κ1) is 12.1. The fraction of sp³-hybridized carbons (Fsp3) is 0.0909. The van der Waals surface area contributed by atoms with Crippen LogP contribution in [-0.2, 0) is 0 Å². The number of furan rings is 1. The summed E-state index contributed by atoms with van der Waals surface area (Å²) in [6, 6.07) is 8.56. The number of halogens is 4. The summed E-state index contributed by atoms with van der Waals surface area (Å²) in [5.74, 6) is 0.574. The molecule has 0 saturated heterocycles. The largest absolute Gasteiger partial charge is 0.448 e. The van der Waals surface area contributed by atoms with E-state index in [1.165, 1.54) is 0 Å². The molecule has 0 N–H and O–H groups in total. The van der Waals surface area contributed by atoms with E-state index in [9.17, 15) is 0 Å². The molecule has 1 nitrogen and oxygen atoms in total. The summed E-state index contributed by atoms with van der Waals surface area (Å²) in [6.07, 6.45) is 0. The van der Waals surface area contributed by atoms with E-state index in [1.54, 1.807) is 30.3 Å². The van der Waals surface area contributed by atoms with Crippen LogP contribution in [0, 0.1) is 0 Å². The van der Waals surface area contributed by atoms with Crippen LogP contribution in [0.4, 0.5) is 0 Å². The first-order valence-corrected chi connectivity index (χ1v) is 5.99. The van der Waals surface area contributed by atoms with Crippen molar-refractivity contribution in [2.45, 2.75) is 5.38 Å². The van der Waals surface area contributed by atoms with Gasteiger partial charge in [-0.3, -0.25) is 0 Å². The van der Waals surface area contributed by atoms with Crippen LogP contribution >= 0.6 is 46.4 Å². The van der Waals surface area contributed by atoms with Gasteiger partial charge in [0.1, 0.15) is 11.1 Å². The Morgan fingerprint density at radius 3 is 2.25 bits per heavy atom. The van der Waals surface area contributed by atoms with E-state index in [1.807, 2.05) is 0 Å². The van der Waals surface area contributed by atoms with Crippen molar-refractivity contribution in [3.8, 4) is 0 Å². The highest BCUT2D eigenvalue weighted by Crippen LogP contribution is 2.34. The zero-order valence-corrected chi connectivity index (χ0v) is 10.9. The summed E-state index contributed by atoms with van der Waals surface area (Å²) >= 11 is 23.6. The van der Waals surface area contributed by atoms with Gasteiger partial charge in [0.2, 0.25) is 0 Å². The van der Waals surface area contributed by atoms with E-state index >= 15 is 0 Å². The van der Waals surface area contributed by atoms with Crippen LogP contribution in [-0.4, -0.2) is 0 Å². The van der Waals surface area contributed by atoms with Gasteiger partial charge in [0.25, 0.3) is 0 Å². The third-order valence-corrected chi connectivity index (χ3v) is 3.49. The minimum Gasteiger partial charge on any atom is -0.448 e. The third-order valence-electron chi connectivity index (χ3n) is 2.08. The SMILES string of the molecule is Clc1ccc(C(Cl)c2ccc(Cl)c(Cl)c2)o1. The normalized spacial score (nSPS) is 12.8. The summed E-state index contributed by atoms with van der Waals surface area (Å²) in [5.41, 5.74) is 0.807. The molecule has 0 aliphatic rings. The molecule has 84 valence electrons. The second-order valence-corrected chi connectivity index (χ2v) is 4.80. The van der Waals surface area contributed by atoms with Crippen LogP contribution < -0.4 is 0 Å². The lowest BCUT2D eigenvalue weighted by atomic mass is 10.1. The van der Waals surface area contributed by atoms with Crippen LogP contribution in [0.3, 0.4) is 0 Å². The molecule has 5 heteroatoms. The van der Waals surface area contributed by atoms with Gasteiger partial charge in [-0.1, -0.05) is 29.3 Å². The first-order valence-electron chi connectivity index (χ1n) is 4.42. The third kappa shape index (κ3) is 2.49. The lowest BCUT2D eigenvalue weighted by Gasteiger charge is -2.07. The molecule has 0 saturated carbocycles. The van der Waals surface area contributed by atoms with E-state index in [4.69, 9.17) is 50.8 Å². The topological polar surface area (TPSA) is 13.1 Å². The van der Waals surface area contributed by atoms with Gasteiger partial charge < -0.3 is 4.42 Å². The quantitative estimate of drug-likeness (QED) is 0.660. The van der Waals surface area contributed by atoms with Crippen molar-refractivity contribution in [1.82, 2.24) is 0 Å². The molecule has 0 aliphatic carbocycles. The molecule has 0 aliphatic heterocycles. The second-order valence-electron chi connectivity index (χ2n) is 3.18. The number of hydrogen-bond acceptors (Lipinski definition) is 1. The van der Waals surface area contributed by atoms with Crippen molar-refractivity contribution in [2.75, 3.05) is 0 Å². The molecule has 0 radical (unpaired) electrons. The summed E-state index contributed by atoms with van der Waals surface area (Å²) < 4.78 is 5.23. The van der Waals surface area contributed by atoms with E-state index in [0.29, 0.717) is 21.0 Å². The Balaban J connectivity index is 2.33. The van der Waals surface area contributed by atoms with Crippen molar-refractivity contribution in [1.29, 1.82) is 0 Å². The van der Waals surface area contributed by atoms with E-state index in [2.05, 4.69) is 0 Å². The van der Waals surface area contributed by atoms with Crippen molar-refractivity contribution >= 4 is 46.4 Å². The summed E-state index contributed by atoms with van der Waals surface area (Å²) in [4.78, 5) is 0. The summed E-state index contributed by atoms with van der Waals surface area (Å²) in [5, 5.41) is 0.831. The van der Waals surface area contributed by atoms with E-state index in [-0.39, 0.29) is 0 Å². The van der Waals surface area contributed by atoms with Crippen LogP contribution in [0.15, 0.2) is 34.7 Å². The van der Waals surface area contributed by atoms with Crippen LogP contribution in [0.2, 0.25) is 15.3 Å². The second kappa shape index (κ2) is 4.89. The zero-order valence-electron chi connectivity index (χ0n) is 7.88. The van der Waals surface area contributed by atoms with Crippen molar-refractivity contribution < 1.29 is 4.42 Å². The van der Waals surface area contributed by atoms with Crippen LogP contribution in [0.1, 0.15) is 16.7 Å². The maximum absolute atomic E-state index is 6.22. The molecule has 1 heterocycles. The molecule has 0 spiro atoms. The van der Waals surface area contributed by atoms with Crippen LogP contribution in [0.5, 0.6) is 0 Å². The highest BCUT2D eigenvalue weighted by Gasteiger charge is 2.15. The van der Waals surface area contributed by atoms with Gasteiger partial charge in [0, 0.05) is 0 Å². The van der Waals surface area contributed by atoms with Gasteiger partial charge in [-0.05, 0) is 41.4 Å². The number of hydrogen-bond donors (Lipinski definition) is 0. The summed E-state index contributed by atoms with van der Waals surface area (Å²) in [6.45, 7) is 0. The lowest BCUT2D eigenvalue weighted by Crippen LogP contribution is -1.90. The van der Waals surface area contributed by atoms with Gasteiger partial charge in [-0.25, -0.2) is 0 Å². The van der Waals surface area contributed by atoms with E-state index in [0.717, 1.165) is 5.56 Å². The molecular weight excluding hydrogens is 290 g/mol. The Kier molecular flexibility index (Phi) is 3.70. The molecule has 0 bridgehead atoms.